The Labute approximate surface area is 759 Å². The molecule has 0 spiro atoms. The highest BCUT2D eigenvalue weighted by molar-refractivity contribution is 9.10. The van der Waals surface area contributed by atoms with E-state index in [0.717, 1.165) is 67.8 Å². The Kier molecular flexibility index (Phi) is 25.6. The van der Waals surface area contributed by atoms with Crippen LogP contribution in [0.1, 0.15) is 145 Å². The number of nitrogens with zero attached hydrogens (tertiary/aromatic N) is 7. The maximum Gasteiger partial charge on any atom is 0.289 e. The number of imide groups is 7. The molecule has 14 aromatic rings. The van der Waals surface area contributed by atoms with Gasteiger partial charge < -0.3 is 23.7 Å². The molecule has 0 aromatic heterocycles. The first-order valence-electron chi connectivity index (χ1n) is 39.2. The zero-order valence-electron chi connectivity index (χ0n) is 71.5. The fourth-order valence-corrected chi connectivity index (χ4v) is 17.1. The summed E-state index contributed by atoms with van der Waals surface area (Å²) in [4.78, 5) is 204. The third-order valence-electron chi connectivity index (χ3n) is 22.1. The van der Waals surface area contributed by atoms with E-state index in [-0.39, 0.29) is 5.56 Å². The molecule has 0 aliphatic carbocycles. The number of hydrogen-bond donors (Lipinski definition) is 0. The van der Waals surface area contributed by atoms with Crippen LogP contribution in [0.4, 0.5) is 4.39 Å². The number of ether oxygens (including phenoxy) is 5. The van der Waals surface area contributed by atoms with E-state index in [4.69, 9.17) is 69.1 Å². The van der Waals surface area contributed by atoms with E-state index in [1.807, 2.05) is 36.4 Å². The van der Waals surface area contributed by atoms with Crippen molar-refractivity contribution in [2.75, 3.05) is 85.3 Å². The molecule has 132 heavy (non-hydrogen) atoms. The highest BCUT2D eigenvalue weighted by Crippen LogP contribution is 2.45. The lowest BCUT2D eigenvalue weighted by Gasteiger charge is -2.26. The molecule has 0 saturated heterocycles. The van der Waals surface area contributed by atoms with E-state index in [2.05, 4.69) is 15.9 Å². The van der Waals surface area contributed by atoms with Crippen LogP contribution < -0.4 is 23.7 Å². The SMILES string of the molecule is CON1C(=O)c2cccc3c(Br)ccc(c23)C1=O.CON1C(=O)c2cccc3cc(F)cc(c23)C1=O.CON1C(=O)c2cccc3ccc(Cl)c(c23)C1=O.COc1cc2c3c(cccc3c1)C(=O)N(OC)C2=O.COc1cc2c3c(cccc3c1OC)C(=O)N(OC)C2=O.COc1ccc2c3c(cccc13)C(=O)N(OC)C2=O.COc1ccc2cccc3c2c1C(=O)N(OC)C3=O. The van der Waals surface area contributed by atoms with Gasteiger partial charge in [0, 0.05) is 52.9 Å². The standard InChI is InChI=1S/C15H13NO5.3C14H11NO4.C13H8BrNO3.C13H8ClNO3.C13H8FNO3/c1-19-11-7-10-12-8(13(11)20-2)5-4-6-9(12)14(17)16(21-3)15(10)18;1-18-9-6-8-4-3-5-10-12(8)11(7-9)14(17)15(19-2)13(10)16;1-18-11-7-6-10-12-8(11)4-3-5-9(12)13(16)15(19-2)14(10)17;1-18-10-7-6-8-4-3-5-9-11(8)12(10)14(17)15(19-2)13(9)16;1-18-15-12(16)8-4-2-3-7-10(14)6-5-9(11(7)8)13(15)17;1-18-15-12(16)8-4-2-3-7-5-6-9(14)11(10(7)8)13(15)17;1-18-15-12(16)9-4-2-3-7-5-8(14)6-10(11(7)9)13(15)17/h4-7H,1-3H3;3*3-7H,1-2H3;3*2-6H,1H3. The molecule has 0 saturated carbocycles. The second-order valence-electron chi connectivity index (χ2n) is 28.7. The van der Waals surface area contributed by atoms with Gasteiger partial charge in [0.25, 0.3) is 82.7 Å². The van der Waals surface area contributed by atoms with Gasteiger partial charge in [0.1, 0.15) is 23.1 Å². The summed E-state index contributed by atoms with van der Waals surface area (Å²) in [6.45, 7) is 0. The number of hydrogen-bond acceptors (Lipinski definition) is 26. The first kappa shape index (κ1) is 91.1. The summed E-state index contributed by atoms with van der Waals surface area (Å²) < 4.78 is 40.6. The molecule has 666 valence electrons. The van der Waals surface area contributed by atoms with Gasteiger partial charge in [-0.05, 0) is 136 Å². The van der Waals surface area contributed by atoms with E-state index in [0.29, 0.717) is 160 Å². The summed E-state index contributed by atoms with van der Waals surface area (Å²) in [5.41, 5.74) is 5.44. The Morgan fingerprint density at radius 1 is 0.242 bits per heavy atom. The summed E-state index contributed by atoms with van der Waals surface area (Å²) in [6, 6.07) is 57.7. The number of halogens is 3. The minimum atomic E-state index is -0.647. The van der Waals surface area contributed by atoms with Gasteiger partial charge in [0.2, 0.25) is 0 Å². The highest BCUT2D eigenvalue weighted by atomic mass is 79.9. The summed E-state index contributed by atoms with van der Waals surface area (Å²) in [7, 11) is 16.5. The monoisotopic (exact) mass is 1870 g/mol. The van der Waals surface area contributed by atoms with E-state index < -0.39 is 88.5 Å². The van der Waals surface area contributed by atoms with Crippen LogP contribution in [0, 0.1) is 5.82 Å². The van der Waals surface area contributed by atoms with E-state index >= 15 is 0 Å². The van der Waals surface area contributed by atoms with Crippen molar-refractivity contribution in [1.29, 1.82) is 0 Å². The minimum absolute atomic E-state index is 0.141. The molecule has 0 atom stereocenters. The Hall–Kier alpha value is -15.7. The largest absolute Gasteiger partial charge is 0.497 e. The number of hydroxylamine groups is 14. The van der Waals surface area contributed by atoms with Gasteiger partial charge in [0.15, 0.2) is 11.5 Å². The lowest BCUT2D eigenvalue weighted by Crippen LogP contribution is -2.39. The Balaban J connectivity index is 0.000000118. The van der Waals surface area contributed by atoms with Crippen molar-refractivity contribution in [3.8, 4) is 28.7 Å². The van der Waals surface area contributed by atoms with Crippen LogP contribution in [0.2, 0.25) is 5.02 Å². The predicted octanol–water partition coefficient (Wildman–Crippen LogP) is 15.6. The highest BCUT2D eigenvalue weighted by Gasteiger charge is 2.42. The molecular weight excluding hydrogens is 1800 g/mol. The van der Waals surface area contributed by atoms with Crippen LogP contribution in [0.15, 0.2) is 211 Å². The summed E-state index contributed by atoms with van der Waals surface area (Å²) >= 11 is 9.48. The van der Waals surface area contributed by atoms with Gasteiger partial charge in [-0.25, -0.2) is 4.39 Å². The van der Waals surface area contributed by atoms with Crippen molar-refractivity contribution in [3.05, 3.63) is 299 Å². The topological polar surface area (TPSA) is 372 Å². The number of carbonyl (C=O) groups excluding carboxylic acids is 14. The smallest absolute Gasteiger partial charge is 0.289 e. The number of carbonyl (C=O) groups is 14. The lowest BCUT2D eigenvalue weighted by atomic mass is 9.94. The molecule has 0 unspecified atom stereocenters. The lowest BCUT2D eigenvalue weighted by molar-refractivity contribution is -0.0694. The molecule has 0 N–H and O–H groups in total. The van der Waals surface area contributed by atoms with Crippen molar-refractivity contribution in [3.63, 3.8) is 0 Å². The first-order valence-corrected chi connectivity index (χ1v) is 40.4. The van der Waals surface area contributed by atoms with Gasteiger partial charge >= 0.3 is 0 Å². The third-order valence-corrected chi connectivity index (χ3v) is 23.1. The van der Waals surface area contributed by atoms with Crippen LogP contribution in [-0.4, -0.2) is 203 Å². The van der Waals surface area contributed by atoms with E-state index in [1.54, 1.807) is 165 Å². The van der Waals surface area contributed by atoms with Crippen LogP contribution in [0.3, 0.4) is 0 Å². The molecule has 7 aliphatic rings. The number of methoxy groups -OCH3 is 5. The maximum atomic E-state index is 13.4. The summed E-state index contributed by atoms with van der Waals surface area (Å²) in [6.07, 6.45) is 0. The molecule has 7 aliphatic heterocycles. The fraction of sp³-hybridized carbons (Fsp3) is 0.125. The fourth-order valence-electron chi connectivity index (χ4n) is 16.4. The molecule has 21 rings (SSSR count). The van der Waals surface area contributed by atoms with Gasteiger partial charge in [0.05, 0.1) is 168 Å². The maximum absolute atomic E-state index is 13.4. The summed E-state index contributed by atoms with van der Waals surface area (Å²) in [5, 5.41) is 14.9. The molecule has 7 heterocycles. The van der Waals surface area contributed by atoms with Crippen molar-refractivity contribution in [2.45, 2.75) is 0 Å². The van der Waals surface area contributed by atoms with Crippen LogP contribution in [0.25, 0.3) is 75.4 Å². The van der Waals surface area contributed by atoms with Crippen LogP contribution >= 0.6 is 27.5 Å². The number of benzene rings is 14. The third kappa shape index (κ3) is 15.2. The average Bonchev–Trinajstić information content (AvgIpc) is 0.769. The Morgan fingerprint density at radius 3 is 0.977 bits per heavy atom. The zero-order valence-corrected chi connectivity index (χ0v) is 73.9. The molecular formula is C96H70BrClFN7O26. The summed E-state index contributed by atoms with van der Waals surface area (Å²) in [5.74, 6) is -4.84. The minimum Gasteiger partial charge on any atom is -0.497 e. The zero-order chi connectivity index (χ0) is 94.4. The molecule has 14 amide bonds. The predicted molar refractivity (Wildman–Crippen MR) is 476 cm³/mol. The molecule has 36 heteroatoms. The van der Waals surface area contributed by atoms with E-state index in [1.165, 1.54) is 84.3 Å². The second-order valence-corrected chi connectivity index (χ2v) is 29.9. The van der Waals surface area contributed by atoms with Gasteiger partial charge in [-0.1, -0.05) is 125 Å². The Bertz CT molecular complexity index is 7330. The molecule has 14 aromatic carbocycles. The first-order chi connectivity index (χ1) is 63.6. The molecule has 33 nitrogen and oxygen atoms in total. The molecule has 0 radical (unpaired) electrons. The van der Waals surface area contributed by atoms with Crippen molar-refractivity contribution in [2.24, 2.45) is 0 Å². The van der Waals surface area contributed by atoms with Gasteiger partial charge in [-0.2, -0.15) is 0 Å². The van der Waals surface area contributed by atoms with Gasteiger partial charge in [-0.3, -0.25) is 101 Å². The van der Waals surface area contributed by atoms with Crippen LogP contribution in [-0.2, 0) is 33.9 Å². The quantitative estimate of drug-likeness (QED) is 0.103. The average molecular weight is 1870 g/mol. The molecule has 0 fully saturated rings. The Morgan fingerprint density at radius 2 is 0.553 bits per heavy atom. The van der Waals surface area contributed by atoms with Crippen molar-refractivity contribution in [1.82, 2.24) is 35.4 Å². The number of amides is 14. The van der Waals surface area contributed by atoms with Crippen LogP contribution in [0.5, 0.6) is 28.7 Å². The molecule has 0 bridgehead atoms. The normalized spacial score (nSPS) is 14.2. The van der Waals surface area contributed by atoms with E-state index in [9.17, 15) is 71.5 Å². The second kappa shape index (κ2) is 37.2. The van der Waals surface area contributed by atoms with Crippen molar-refractivity contribution >= 4 is 186 Å². The van der Waals surface area contributed by atoms with Gasteiger partial charge in [-0.15, -0.1) is 35.4 Å². The van der Waals surface area contributed by atoms with Crippen molar-refractivity contribution < 1.29 is 129 Å². The number of rotatable bonds is 12.